The van der Waals surface area contributed by atoms with Crippen LogP contribution in [-0.2, 0) is 0 Å². The number of rotatable bonds is 5. The first kappa shape index (κ1) is 18.4. The van der Waals surface area contributed by atoms with E-state index in [1.807, 2.05) is 54.1 Å². The first-order chi connectivity index (χ1) is 13.0. The normalized spacial score (nSPS) is 13.7. The topological polar surface area (TPSA) is 62.4 Å². The zero-order valence-corrected chi connectivity index (χ0v) is 17.3. The third-order valence-electron chi connectivity index (χ3n) is 4.65. The van der Waals surface area contributed by atoms with Crippen molar-refractivity contribution >= 4 is 44.5 Å². The Morgan fingerprint density at radius 1 is 1.11 bits per heavy atom. The number of fused-ring (bicyclic) bond motifs is 1. The van der Waals surface area contributed by atoms with Gasteiger partial charge in [-0.15, -0.1) is 22.7 Å². The average molecular weight is 417 g/mol. The summed E-state index contributed by atoms with van der Waals surface area (Å²) in [6, 6.07) is 12.0. The van der Waals surface area contributed by atoms with Gasteiger partial charge in [-0.25, -0.2) is 4.98 Å². The Labute approximate surface area is 169 Å². The number of quaternary nitrogens is 1. The van der Waals surface area contributed by atoms with Gasteiger partial charge in [0.2, 0.25) is 0 Å². The average Bonchev–Trinajstić information content (AvgIpc) is 3.31. The number of aromatic amines is 1. The van der Waals surface area contributed by atoms with Crippen LogP contribution < -0.4 is 10.9 Å². The van der Waals surface area contributed by atoms with E-state index in [0.717, 1.165) is 25.9 Å². The summed E-state index contributed by atoms with van der Waals surface area (Å²) in [7, 11) is 0. The van der Waals surface area contributed by atoms with Crippen molar-refractivity contribution in [1.29, 1.82) is 0 Å². The van der Waals surface area contributed by atoms with Gasteiger partial charge >= 0.3 is 0 Å². The Bertz CT molecular complexity index is 1130. The molecule has 0 amide bonds. The van der Waals surface area contributed by atoms with Gasteiger partial charge in [0.05, 0.1) is 5.39 Å². The van der Waals surface area contributed by atoms with Gasteiger partial charge in [-0.05, 0) is 31.4 Å². The van der Waals surface area contributed by atoms with Crippen LogP contribution in [0.1, 0.15) is 37.3 Å². The minimum atomic E-state index is -0.0784. The summed E-state index contributed by atoms with van der Waals surface area (Å²) in [5, 5.41) is 7.63. The third kappa shape index (κ3) is 3.58. The molecule has 3 heterocycles. The van der Waals surface area contributed by atoms with Gasteiger partial charge in [0.25, 0.3) is 5.56 Å². The molecule has 7 heteroatoms. The Morgan fingerprint density at radius 2 is 1.93 bits per heavy atom. The summed E-state index contributed by atoms with van der Waals surface area (Å²) >= 11 is 9.46. The molecule has 0 bridgehead atoms. The number of nitrogens with zero attached hydrogens (tertiary/aromatic N) is 1. The molecular formula is C20H19ClN3OS2+. The zero-order valence-electron chi connectivity index (χ0n) is 14.9. The van der Waals surface area contributed by atoms with E-state index in [1.165, 1.54) is 11.3 Å². The maximum absolute atomic E-state index is 12.8. The molecule has 4 rings (SSSR count). The number of thiophene rings is 2. The van der Waals surface area contributed by atoms with Crippen molar-refractivity contribution in [3.8, 4) is 10.4 Å². The molecule has 138 valence electrons. The van der Waals surface area contributed by atoms with E-state index in [2.05, 4.69) is 17.2 Å². The van der Waals surface area contributed by atoms with Crippen molar-refractivity contribution < 1.29 is 5.32 Å². The molecular weight excluding hydrogens is 398 g/mol. The summed E-state index contributed by atoms with van der Waals surface area (Å²) in [6.45, 7) is 4.15. The van der Waals surface area contributed by atoms with E-state index in [1.54, 1.807) is 11.3 Å². The van der Waals surface area contributed by atoms with E-state index in [-0.39, 0.29) is 17.6 Å². The van der Waals surface area contributed by atoms with Crippen LogP contribution in [-0.4, -0.2) is 9.97 Å². The van der Waals surface area contributed by atoms with Crippen molar-refractivity contribution in [1.82, 2.24) is 9.97 Å². The maximum atomic E-state index is 12.8. The minimum absolute atomic E-state index is 0.000612. The maximum Gasteiger partial charge on any atom is 0.260 e. The predicted molar refractivity (Wildman–Crippen MR) is 114 cm³/mol. The molecule has 0 aliphatic rings. The molecule has 0 saturated heterocycles. The molecule has 2 atom stereocenters. The van der Waals surface area contributed by atoms with Crippen LogP contribution in [0.15, 0.2) is 52.0 Å². The lowest BCUT2D eigenvalue weighted by atomic mass is 10.1. The second kappa shape index (κ2) is 7.56. The SMILES string of the molecule is C[C@H]([NH2+][C@H](C)c1ccccc1Cl)c1nc2scc(-c3cccs3)c2c(=O)[nH]1. The van der Waals surface area contributed by atoms with Gasteiger partial charge in [-0.1, -0.05) is 35.9 Å². The molecule has 1 aromatic carbocycles. The van der Waals surface area contributed by atoms with Gasteiger partial charge in [0.1, 0.15) is 16.9 Å². The lowest BCUT2D eigenvalue weighted by Gasteiger charge is -2.17. The monoisotopic (exact) mass is 416 g/mol. The number of benzene rings is 1. The number of aromatic nitrogens is 2. The quantitative estimate of drug-likeness (QED) is 0.493. The van der Waals surface area contributed by atoms with Gasteiger partial charge in [0.15, 0.2) is 5.82 Å². The first-order valence-electron chi connectivity index (χ1n) is 8.69. The number of hydrogen-bond acceptors (Lipinski definition) is 4. The summed E-state index contributed by atoms with van der Waals surface area (Å²) < 4.78 is 0. The first-order valence-corrected chi connectivity index (χ1v) is 10.8. The summed E-state index contributed by atoms with van der Waals surface area (Å²) in [4.78, 5) is 22.4. The van der Waals surface area contributed by atoms with Gasteiger partial charge in [-0.3, -0.25) is 4.79 Å². The number of nitrogens with two attached hydrogens (primary N) is 1. The van der Waals surface area contributed by atoms with Crippen molar-refractivity contribution in [2.45, 2.75) is 25.9 Å². The molecule has 0 unspecified atom stereocenters. The molecule has 4 nitrogen and oxygen atoms in total. The van der Waals surface area contributed by atoms with E-state index >= 15 is 0 Å². The molecule has 0 saturated carbocycles. The van der Waals surface area contributed by atoms with Crippen molar-refractivity contribution in [3.05, 3.63) is 73.9 Å². The Morgan fingerprint density at radius 3 is 2.67 bits per heavy atom. The highest BCUT2D eigenvalue weighted by atomic mass is 35.5. The van der Waals surface area contributed by atoms with E-state index in [9.17, 15) is 4.79 Å². The van der Waals surface area contributed by atoms with Gasteiger partial charge in [0, 0.05) is 26.4 Å². The summed E-state index contributed by atoms with van der Waals surface area (Å²) in [5.41, 5.74) is 1.96. The highest BCUT2D eigenvalue weighted by Gasteiger charge is 2.21. The fourth-order valence-corrected chi connectivity index (χ4v) is 5.34. The number of nitrogens with one attached hydrogen (secondary N) is 1. The van der Waals surface area contributed by atoms with Crippen LogP contribution in [0.4, 0.5) is 0 Å². The molecule has 3 N–H and O–H groups in total. The van der Waals surface area contributed by atoms with Crippen LogP contribution in [0.25, 0.3) is 20.7 Å². The highest BCUT2D eigenvalue weighted by molar-refractivity contribution is 7.18. The van der Waals surface area contributed by atoms with Crippen molar-refractivity contribution in [3.63, 3.8) is 0 Å². The van der Waals surface area contributed by atoms with E-state index in [0.29, 0.717) is 11.2 Å². The highest BCUT2D eigenvalue weighted by Crippen LogP contribution is 2.33. The molecule has 3 aromatic heterocycles. The molecule has 0 radical (unpaired) electrons. The fraction of sp³-hybridized carbons (Fsp3) is 0.200. The lowest BCUT2D eigenvalue weighted by molar-refractivity contribution is -0.729. The smallest absolute Gasteiger partial charge is 0.260 e. The van der Waals surface area contributed by atoms with Crippen molar-refractivity contribution in [2.75, 3.05) is 0 Å². The van der Waals surface area contributed by atoms with E-state index < -0.39 is 0 Å². The predicted octanol–water partition coefficient (Wildman–Crippen LogP) is 4.75. The van der Waals surface area contributed by atoms with E-state index in [4.69, 9.17) is 16.6 Å². The minimum Gasteiger partial charge on any atom is -0.332 e. The largest absolute Gasteiger partial charge is 0.332 e. The Kier molecular flexibility index (Phi) is 5.14. The Hall–Kier alpha value is -1.99. The van der Waals surface area contributed by atoms with Gasteiger partial charge in [-0.2, -0.15) is 0 Å². The second-order valence-corrected chi connectivity index (χ2v) is 8.76. The number of H-pyrrole nitrogens is 1. The standard InChI is InChI=1S/C20H18ClN3OS2/c1-11(13-6-3-4-7-15(13)21)22-12(2)18-23-19(25)17-14(10-27-20(17)24-18)16-8-5-9-26-16/h3-12,22H,1-2H3,(H,23,24,25)/p+1/t11-,12+/m1/s1. The zero-order chi connectivity index (χ0) is 19.0. The molecule has 0 aliphatic heterocycles. The van der Waals surface area contributed by atoms with Crippen LogP contribution in [0, 0.1) is 0 Å². The number of hydrogen-bond donors (Lipinski definition) is 2. The molecule has 0 spiro atoms. The Balaban J connectivity index is 1.64. The molecule has 4 aromatic rings. The molecule has 27 heavy (non-hydrogen) atoms. The van der Waals surface area contributed by atoms with Crippen LogP contribution in [0.3, 0.4) is 0 Å². The third-order valence-corrected chi connectivity index (χ3v) is 6.77. The fourth-order valence-electron chi connectivity index (χ4n) is 3.27. The second-order valence-electron chi connectivity index (χ2n) is 6.55. The molecule has 0 aliphatic carbocycles. The van der Waals surface area contributed by atoms with Crippen LogP contribution in [0.2, 0.25) is 5.02 Å². The molecule has 0 fully saturated rings. The van der Waals surface area contributed by atoms with Crippen LogP contribution in [0.5, 0.6) is 0 Å². The van der Waals surface area contributed by atoms with Crippen LogP contribution >= 0.6 is 34.3 Å². The van der Waals surface area contributed by atoms with Gasteiger partial charge < -0.3 is 10.3 Å². The van der Waals surface area contributed by atoms with Crippen molar-refractivity contribution in [2.24, 2.45) is 0 Å². The number of halogens is 1. The summed E-state index contributed by atoms with van der Waals surface area (Å²) in [6.07, 6.45) is 0. The summed E-state index contributed by atoms with van der Waals surface area (Å²) in [5.74, 6) is 0.686. The lowest BCUT2D eigenvalue weighted by Crippen LogP contribution is -2.85.